The van der Waals surface area contributed by atoms with Gasteiger partial charge in [-0.3, -0.25) is 9.69 Å². The highest BCUT2D eigenvalue weighted by Crippen LogP contribution is 2.33. The highest BCUT2D eigenvalue weighted by atomic mass is 32.2. The topological polar surface area (TPSA) is 101 Å². The Morgan fingerprint density at radius 1 is 1.19 bits per heavy atom. The lowest BCUT2D eigenvalue weighted by molar-refractivity contribution is -0.0521. The van der Waals surface area contributed by atoms with Crippen molar-refractivity contribution in [2.45, 2.75) is 44.3 Å². The number of benzene rings is 1. The minimum Gasteiger partial charge on any atom is -0.493 e. The highest BCUT2D eigenvalue weighted by molar-refractivity contribution is 7.89. The summed E-state index contributed by atoms with van der Waals surface area (Å²) in [5, 5.41) is 0. The standard InChI is InChI=1S/C25H33F2N5O4S/c1-5-7-17-15-30(4)22-21(17)28-23(29-24(22)33)19-14-18(8-9-20(19)36-6-2)37(34,35)32-12-10-31(11-13-32)25(3,27)16-26/h8-9,14-15H,5-7,10-13,16H2,1-4H3,(H,28,29,33). The van der Waals surface area contributed by atoms with Gasteiger partial charge >= 0.3 is 0 Å². The summed E-state index contributed by atoms with van der Waals surface area (Å²) in [6.45, 7) is 4.35. The lowest BCUT2D eigenvalue weighted by Gasteiger charge is -2.39. The average molecular weight is 538 g/mol. The van der Waals surface area contributed by atoms with Gasteiger partial charge in [0.25, 0.3) is 5.56 Å². The van der Waals surface area contributed by atoms with Crippen LogP contribution in [0.5, 0.6) is 5.75 Å². The van der Waals surface area contributed by atoms with Gasteiger partial charge in [-0.2, -0.15) is 4.31 Å². The number of hydrogen-bond acceptors (Lipinski definition) is 6. The Labute approximate surface area is 215 Å². The number of aromatic nitrogens is 3. The predicted molar refractivity (Wildman–Crippen MR) is 138 cm³/mol. The molecule has 2 aromatic heterocycles. The quantitative estimate of drug-likeness (QED) is 0.421. The van der Waals surface area contributed by atoms with E-state index in [0.717, 1.165) is 25.3 Å². The number of sulfonamides is 1. The number of fused-ring (bicyclic) bond motifs is 1. The van der Waals surface area contributed by atoms with Crippen molar-refractivity contribution in [2.24, 2.45) is 7.05 Å². The van der Waals surface area contributed by atoms with Gasteiger partial charge in [-0.15, -0.1) is 0 Å². The molecule has 0 bridgehead atoms. The zero-order valence-electron chi connectivity index (χ0n) is 21.6. The molecular formula is C25H33F2N5O4S. The molecule has 202 valence electrons. The number of nitrogens with zero attached hydrogens (tertiary/aromatic N) is 4. The fraction of sp³-hybridized carbons (Fsp3) is 0.520. The molecule has 1 aliphatic heterocycles. The van der Waals surface area contributed by atoms with Gasteiger partial charge in [-0.25, -0.2) is 22.2 Å². The van der Waals surface area contributed by atoms with Crippen LogP contribution < -0.4 is 10.3 Å². The number of rotatable bonds is 9. The van der Waals surface area contributed by atoms with Crippen molar-refractivity contribution in [2.75, 3.05) is 39.5 Å². The van der Waals surface area contributed by atoms with Crippen LogP contribution in [-0.4, -0.2) is 77.4 Å². The molecule has 37 heavy (non-hydrogen) atoms. The maximum atomic E-state index is 14.4. The molecule has 0 amide bonds. The Bertz CT molecular complexity index is 1440. The van der Waals surface area contributed by atoms with E-state index in [-0.39, 0.29) is 42.5 Å². The van der Waals surface area contributed by atoms with E-state index in [4.69, 9.17) is 9.72 Å². The van der Waals surface area contributed by atoms with Crippen LogP contribution >= 0.6 is 0 Å². The molecule has 1 aliphatic rings. The van der Waals surface area contributed by atoms with Crippen molar-refractivity contribution in [3.8, 4) is 17.1 Å². The van der Waals surface area contributed by atoms with Crippen molar-refractivity contribution in [3.63, 3.8) is 0 Å². The minimum atomic E-state index is -3.95. The first kappa shape index (κ1) is 27.2. The Morgan fingerprint density at radius 2 is 1.89 bits per heavy atom. The summed E-state index contributed by atoms with van der Waals surface area (Å²) in [6, 6.07) is 4.44. The molecule has 12 heteroatoms. The molecule has 1 unspecified atom stereocenters. The molecule has 1 atom stereocenters. The number of hydrogen-bond donors (Lipinski definition) is 1. The van der Waals surface area contributed by atoms with Crippen LogP contribution in [0.15, 0.2) is 34.1 Å². The van der Waals surface area contributed by atoms with E-state index in [1.54, 1.807) is 24.6 Å². The summed E-state index contributed by atoms with van der Waals surface area (Å²) in [7, 11) is -2.17. The lowest BCUT2D eigenvalue weighted by Crippen LogP contribution is -2.55. The molecule has 9 nitrogen and oxygen atoms in total. The van der Waals surface area contributed by atoms with E-state index in [2.05, 4.69) is 4.98 Å². The van der Waals surface area contributed by atoms with Gasteiger partial charge < -0.3 is 14.3 Å². The third kappa shape index (κ3) is 5.14. The molecule has 0 radical (unpaired) electrons. The number of piperazine rings is 1. The predicted octanol–water partition coefficient (Wildman–Crippen LogP) is 3.24. The van der Waals surface area contributed by atoms with Gasteiger partial charge in [-0.1, -0.05) is 13.3 Å². The molecule has 0 spiro atoms. The summed E-state index contributed by atoms with van der Waals surface area (Å²) in [5.74, 6) is -1.53. The van der Waals surface area contributed by atoms with Gasteiger partial charge in [0.2, 0.25) is 10.0 Å². The Morgan fingerprint density at radius 3 is 2.51 bits per heavy atom. The maximum absolute atomic E-state index is 14.4. The Kier molecular flexibility index (Phi) is 7.72. The van der Waals surface area contributed by atoms with Crippen molar-refractivity contribution in [3.05, 3.63) is 40.3 Å². The number of aryl methyl sites for hydroxylation is 2. The molecule has 4 rings (SSSR count). The van der Waals surface area contributed by atoms with Crippen LogP contribution in [0.4, 0.5) is 8.78 Å². The van der Waals surface area contributed by atoms with Gasteiger partial charge in [0.1, 0.15) is 23.8 Å². The normalized spacial score (nSPS) is 17.2. The third-order valence-electron chi connectivity index (χ3n) is 6.71. The zero-order chi connectivity index (χ0) is 27.0. The summed E-state index contributed by atoms with van der Waals surface area (Å²) < 4.78 is 63.1. The van der Waals surface area contributed by atoms with Gasteiger partial charge in [-0.05, 0) is 44.0 Å². The smallest absolute Gasteiger partial charge is 0.275 e. The van der Waals surface area contributed by atoms with Crippen LogP contribution in [0.25, 0.3) is 22.4 Å². The summed E-state index contributed by atoms with van der Waals surface area (Å²) >= 11 is 0. The highest BCUT2D eigenvalue weighted by Gasteiger charge is 2.37. The first-order chi connectivity index (χ1) is 17.5. The molecule has 3 heterocycles. The number of H-pyrrole nitrogens is 1. The van der Waals surface area contributed by atoms with Crippen molar-refractivity contribution in [1.82, 2.24) is 23.7 Å². The Hall–Kier alpha value is -2.83. The number of halogens is 2. The molecule has 1 N–H and O–H groups in total. The van der Waals surface area contributed by atoms with Crippen molar-refractivity contribution >= 4 is 21.1 Å². The molecular weight excluding hydrogens is 504 g/mol. The fourth-order valence-corrected chi connectivity index (χ4v) is 6.17. The molecule has 0 aliphatic carbocycles. The minimum absolute atomic E-state index is 0.00232. The van der Waals surface area contributed by atoms with Crippen LogP contribution in [-0.2, 0) is 23.5 Å². The summed E-state index contributed by atoms with van der Waals surface area (Å²) in [4.78, 5) is 21.8. The van der Waals surface area contributed by atoms with Crippen LogP contribution in [0.2, 0.25) is 0 Å². The molecule has 0 saturated carbocycles. The maximum Gasteiger partial charge on any atom is 0.275 e. The van der Waals surface area contributed by atoms with Crippen molar-refractivity contribution in [1.29, 1.82) is 0 Å². The number of ether oxygens (including phenoxy) is 1. The SMILES string of the molecule is CCCc1cn(C)c2c(=O)[nH]c(-c3cc(S(=O)(=O)N4CCN(C(C)(F)CF)CC4)ccc3OCC)nc12. The second-order valence-electron chi connectivity index (χ2n) is 9.39. The molecule has 3 aromatic rings. The first-order valence-corrected chi connectivity index (χ1v) is 13.8. The second-order valence-corrected chi connectivity index (χ2v) is 11.3. The first-order valence-electron chi connectivity index (χ1n) is 12.4. The van der Waals surface area contributed by atoms with Gasteiger partial charge in [0.15, 0.2) is 5.79 Å². The van der Waals surface area contributed by atoms with Gasteiger partial charge in [0, 0.05) is 39.4 Å². The van der Waals surface area contributed by atoms with E-state index >= 15 is 0 Å². The van der Waals surface area contributed by atoms with Gasteiger partial charge in [0.05, 0.1) is 22.6 Å². The second kappa shape index (κ2) is 10.5. The zero-order valence-corrected chi connectivity index (χ0v) is 22.4. The number of aromatic amines is 1. The fourth-order valence-electron chi connectivity index (χ4n) is 4.72. The van der Waals surface area contributed by atoms with E-state index in [9.17, 15) is 22.0 Å². The van der Waals surface area contributed by atoms with E-state index < -0.39 is 22.5 Å². The van der Waals surface area contributed by atoms with Crippen molar-refractivity contribution < 1.29 is 21.9 Å². The monoisotopic (exact) mass is 537 g/mol. The number of nitrogens with one attached hydrogen (secondary N) is 1. The van der Waals surface area contributed by atoms with Crippen LogP contribution in [0.3, 0.4) is 0 Å². The largest absolute Gasteiger partial charge is 0.493 e. The lowest BCUT2D eigenvalue weighted by atomic mass is 10.1. The third-order valence-corrected chi connectivity index (χ3v) is 8.60. The summed E-state index contributed by atoms with van der Waals surface area (Å²) in [5.41, 5.74) is 1.96. The summed E-state index contributed by atoms with van der Waals surface area (Å²) in [6.07, 6.45) is 3.50. The molecule has 1 aromatic carbocycles. The van der Waals surface area contributed by atoms with E-state index in [1.165, 1.54) is 21.3 Å². The average Bonchev–Trinajstić information content (AvgIpc) is 3.20. The van der Waals surface area contributed by atoms with Crippen LogP contribution in [0, 0.1) is 0 Å². The van der Waals surface area contributed by atoms with Crippen LogP contribution in [0.1, 0.15) is 32.8 Å². The number of alkyl halides is 2. The van der Waals surface area contributed by atoms with E-state index in [1.807, 2.05) is 13.1 Å². The molecule has 1 saturated heterocycles. The Balaban J connectivity index is 1.75. The van der Waals surface area contributed by atoms with E-state index in [0.29, 0.717) is 29.0 Å². The molecule has 1 fully saturated rings.